The molecular formula is C10H21N3O. The lowest BCUT2D eigenvalue weighted by atomic mass is 9.76. The number of amides is 1. The summed E-state index contributed by atoms with van der Waals surface area (Å²) in [5.41, 5.74) is 5.41. The zero-order valence-electron chi connectivity index (χ0n) is 9.18. The normalized spacial score (nSPS) is 18.8. The quantitative estimate of drug-likeness (QED) is 0.610. The first-order valence-corrected chi connectivity index (χ1v) is 5.29. The third kappa shape index (κ3) is 2.45. The Morgan fingerprint density at radius 2 is 2.21 bits per heavy atom. The highest BCUT2D eigenvalue weighted by Gasteiger charge is 2.41. The maximum absolute atomic E-state index is 11.8. The number of likely N-dealkylation sites (N-methyl/N-ethyl adjacent to an activating group) is 1. The molecule has 0 unspecified atom stereocenters. The van der Waals surface area contributed by atoms with Gasteiger partial charge in [-0.05, 0) is 39.3 Å². The molecule has 82 valence electrons. The minimum absolute atomic E-state index is 0.111. The third-order valence-electron chi connectivity index (χ3n) is 2.94. The average molecular weight is 199 g/mol. The van der Waals surface area contributed by atoms with Crippen molar-refractivity contribution < 1.29 is 4.79 Å². The van der Waals surface area contributed by atoms with Crippen molar-refractivity contribution in [3.05, 3.63) is 0 Å². The van der Waals surface area contributed by atoms with E-state index in [1.54, 1.807) is 4.90 Å². The van der Waals surface area contributed by atoms with Gasteiger partial charge in [0.05, 0.1) is 5.54 Å². The van der Waals surface area contributed by atoms with Crippen molar-refractivity contribution >= 4 is 5.91 Å². The van der Waals surface area contributed by atoms with Crippen LogP contribution in [0.15, 0.2) is 0 Å². The van der Waals surface area contributed by atoms with Crippen LogP contribution in [0.3, 0.4) is 0 Å². The minimum atomic E-state index is -0.533. The largest absolute Gasteiger partial charge is 0.344 e. The van der Waals surface area contributed by atoms with Crippen molar-refractivity contribution in [3.63, 3.8) is 0 Å². The van der Waals surface area contributed by atoms with Crippen LogP contribution in [-0.4, -0.2) is 43.5 Å². The Hall–Kier alpha value is -0.610. The van der Waals surface area contributed by atoms with Gasteiger partial charge in [0.15, 0.2) is 0 Å². The summed E-state index contributed by atoms with van der Waals surface area (Å²) in [5.74, 6) is 0.111. The van der Waals surface area contributed by atoms with E-state index in [0.29, 0.717) is 0 Å². The van der Waals surface area contributed by atoms with E-state index in [0.717, 1.165) is 38.8 Å². The van der Waals surface area contributed by atoms with Crippen molar-refractivity contribution in [2.24, 2.45) is 5.73 Å². The number of hydrogen-bond donors (Lipinski definition) is 2. The predicted octanol–water partition coefficient (Wildman–Crippen LogP) is -0.0643. The number of nitrogens with two attached hydrogens (primary N) is 1. The molecule has 14 heavy (non-hydrogen) atoms. The fraction of sp³-hybridized carbons (Fsp3) is 0.900. The van der Waals surface area contributed by atoms with Gasteiger partial charge in [0.1, 0.15) is 0 Å². The number of hydrogen-bond acceptors (Lipinski definition) is 3. The first-order chi connectivity index (χ1) is 6.60. The monoisotopic (exact) mass is 199 g/mol. The number of carbonyl (C=O) groups excluding carboxylic acids is 1. The van der Waals surface area contributed by atoms with Gasteiger partial charge in [-0.3, -0.25) is 4.79 Å². The molecule has 0 saturated heterocycles. The number of carbonyl (C=O) groups is 1. The van der Waals surface area contributed by atoms with E-state index in [2.05, 4.69) is 5.32 Å². The predicted molar refractivity (Wildman–Crippen MR) is 57.0 cm³/mol. The molecule has 0 aromatic rings. The topological polar surface area (TPSA) is 58.4 Å². The SMILES string of the molecule is CNCCCN(C)C(=O)C1(N)CCC1. The molecule has 0 aromatic carbocycles. The van der Waals surface area contributed by atoms with Crippen molar-refractivity contribution in [2.45, 2.75) is 31.2 Å². The molecule has 4 nitrogen and oxygen atoms in total. The Morgan fingerprint density at radius 3 is 2.64 bits per heavy atom. The smallest absolute Gasteiger partial charge is 0.242 e. The highest BCUT2D eigenvalue weighted by Crippen LogP contribution is 2.30. The van der Waals surface area contributed by atoms with Gasteiger partial charge in [0.25, 0.3) is 0 Å². The first-order valence-electron chi connectivity index (χ1n) is 5.29. The van der Waals surface area contributed by atoms with Crippen LogP contribution < -0.4 is 11.1 Å². The summed E-state index contributed by atoms with van der Waals surface area (Å²) in [6.07, 6.45) is 3.77. The maximum Gasteiger partial charge on any atom is 0.242 e. The Labute approximate surface area is 85.8 Å². The molecule has 1 rings (SSSR count). The molecule has 0 bridgehead atoms. The lowest BCUT2D eigenvalue weighted by Crippen LogP contribution is -2.58. The zero-order chi connectivity index (χ0) is 10.6. The van der Waals surface area contributed by atoms with Crippen molar-refractivity contribution in [1.82, 2.24) is 10.2 Å². The van der Waals surface area contributed by atoms with E-state index in [1.165, 1.54) is 0 Å². The van der Waals surface area contributed by atoms with E-state index < -0.39 is 5.54 Å². The number of nitrogens with one attached hydrogen (secondary N) is 1. The standard InChI is InChI=1S/C10H21N3O/c1-12-7-4-8-13(2)9(14)10(11)5-3-6-10/h12H,3-8,11H2,1-2H3. The molecular weight excluding hydrogens is 178 g/mol. The second kappa shape index (κ2) is 4.75. The van der Waals surface area contributed by atoms with Crippen LogP contribution in [0.2, 0.25) is 0 Å². The maximum atomic E-state index is 11.8. The Morgan fingerprint density at radius 1 is 1.57 bits per heavy atom. The second-order valence-corrected chi connectivity index (χ2v) is 4.19. The molecule has 0 spiro atoms. The van der Waals surface area contributed by atoms with Crippen molar-refractivity contribution in [2.75, 3.05) is 27.2 Å². The summed E-state index contributed by atoms with van der Waals surface area (Å²) in [6.45, 7) is 1.73. The van der Waals surface area contributed by atoms with Crippen LogP contribution in [0.1, 0.15) is 25.7 Å². The lowest BCUT2D eigenvalue weighted by molar-refractivity contribution is -0.138. The molecule has 0 aliphatic heterocycles. The molecule has 4 heteroatoms. The van der Waals surface area contributed by atoms with Gasteiger partial charge in [0, 0.05) is 13.6 Å². The molecule has 1 fully saturated rings. The van der Waals surface area contributed by atoms with Crippen LogP contribution in [0.4, 0.5) is 0 Å². The minimum Gasteiger partial charge on any atom is -0.344 e. The molecule has 1 saturated carbocycles. The number of rotatable bonds is 5. The highest BCUT2D eigenvalue weighted by molar-refractivity contribution is 5.86. The zero-order valence-corrected chi connectivity index (χ0v) is 9.18. The summed E-state index contributed by atoms with van der Waals surface area (Å²) in [6, 6.07) is 0. The molecule has 0 atom stereocenters. The van der Waals surface area contributed by atoms with Crippen molar-refractivity contribution in [1.29, 1.82) is 0 Å². The van der Waals surface area contributed by atoms with Gasteiger partial charge in [0.2, 0.25) is 5.91 Å². The summed E-state index contributed by atoms with van der Waals surface area (Å²) < 4.78 is 0. The van der Waals surface area contributed by atoms with E-state index in [4.69, 9.17) is 5.73 Å². The summed E-state index contributed by atoms with van der Waals surface area (Å²) in [7, 11) is 3.75. The van der Waals surface area contributed by atoms with Crippen LogP contribution in [0.5, 0.6) is 0 Å². The molecule has 1 amide bonds. The Kier molecular flexibility index (Phi) is 3.89. The van der Waals surface area contributed by atoms with Gasteiger partial charge in [-0.2, -0.15) is 0 Å². The van der Waals surface area contributed by atoms with Crippen molar-refractivity contribution in [3.8, 4) is 0 Å². The molecule has 0 heterocycles. The van der Waals surface area contributed by atoms with Crippen LogP contribution in [0.25, 0.3) is 0 Å². The van der Waals surface area contributed by atoms with Gasteiger partial charge < -0.3 is 16.0 Å². The number of nitrogens with zero attached hydrogens (tertiary/aromatic N) is 1. The lowest BCUT2D eigenvalue weighted by Gasteiger charge is -2.39. The van der Waals surface area contributed by atoms with E-state index >= 15 is 0 Å². The summed E-state index contributed by atoms with van der Waals surface area (Å²) in [4.78, 5) is 13.6. The second-order valence-electron chi connectivity index (χ2n) is 4.19. The van der Waals surface area contributed by atoms with E-state index in [-0.39, 0.29) is 5.91 Å². The summed E-state index contributed by atoms with van der Waals surface area (Å²) in [5, 5.41) is 3.06. The van der Waals surface area contributed by atoms with E-state index in [9.17, 15) is 4.79 Å². The fourth-order valence-electron chi connectivity index (χ4n) is 1.75. The highest BCUT2D eigenvalue weighted by atomic mass is 16.2. The van der Waals surface area contributed by atoms with E-state index in [1.807, 2.05) is 14.1 Å². The first kappa shape index (κ1) is 11.5. The van der Waals surface area contributed by atoms with Crippen LogP contribution >= 0.6 is 0 Å². The molecule has 0 radical (unpaired) electrons. The van der Waals surface area contributed by atoms with Gasteiger partial charge in [-0.25, -0.2) is 0 Å². The third-order valence-corrected chi connectivity index (χ3v) is 2.94. The molecule has 1 aliphatic carbocycles. The Balaban J connectivity index is 2.29. The van der Waals surface area contributed by atoms with Gasteiger partial charge >= 0.3 is 0 Å². The van der Waals surface area contributed by atoms with Gasteiger partial charge in [-0.15, -0.1) is 0 Å². The van der Waals surface area contributed by atoms with Crippen LogP contribution in [0, 0.1) is 0 Å². The Bertz CT molecular complexity index is 202. The molecule has 0 aromatic heterocycles. The molecule has 1 aliphatic rings. The van der Waals surface area contributed by atoms with Gasteiger partial charge in [-0.1, -0.05) is 0 Å². The fourth-order valence-corrected chi connectivity index (χ4v) is 1.75. The summed E-state index contributed by atoms with van der Waals surface area (Å²) >= 11 is 0. The van der Waals surface area contributed by atoms with Crippen LogP contribution in [-0.2, 0) is 4.79 Å². The molecule has 3 N–H and O–H groups in total. The average Bonchev–Trinajstić information content (AvgIpc) is 2.13.